The number of aryl methyl sites for hydroxylation is 1. The van der Waals surface area contributed by atoms with Crippen molar-refractivity contribution in [3.63, 3.8) is 0 Å². The van der Waals surface area contributed by atoms with Gasteiger partial charge in [0.25, 0.3) is 5.91 Å². The second-order valence-corrected chi connectivity index (χ2v) is 5.39. The Bertz CT molecular complexity index is 594. The molecule has 98 valence electrons. The van der Waals surface area contributed by atoms with Gasteiger partial charge in [-0.2, -0.15) is 0 Å². The Morgan fingerprint density at radius 2 is 1.84 bits per heavy atom. The lowest BCUT2D eigenvalue weighted by Gasteiger charge is -2.09. The molecule has 0 aromatic heterocycles. The first-order chi connectivity index (χ1) is 9.10. The van der Waals surface area contributed by atoms with Gasteiger partial charge in [-0.15, -0.1) is 0 Å². The summed E-state index contributed by atoms with van der Waals surface area (Å²) in [5.74, 6) is 0.702. The monoisotopic (exact) mass is 367 g/mol. The smallest absolute Gasteiger partial charge is 0.255 e. The molecule has 0 aliphatic rings. The molecule has 0 saturated carbocycles. The van der Waals surface area contributed by atoms with Gasteiger partial charge in [-0.25, -0.2) is 0 Å². The number of methoxy groups -OCH3 is 1. The van der Waals surface area contributed by atoms with Gasteiger partial charge in [0.1, 0.15) is 5.75 Å². The van der Waals surface area contributed by atoms with Crippen molar-refractivity contribution < 1.29 is 9.53 Å². The Morgan fingerprint density at radius 3 is 2.42 bits per heavy atom. The van der Waals surface area contributed by atoms with Gasteiger partial charge in [-0.05, 0) is 77.5 Å². The topological polar surface area (TPSA) is 38.3 Å². The van der Waals surface area contributed by atoms with Crippen LogP contribution in [0.25, 0.3) is 0 Å². The lowest BCUT2D eigenvalue weighted by Crippen LogP contribution is -2.11. The molecule has 0 heterocycles. The number of nitrogens with one attached hydrogen (secondary N) is 1. The van der Waals surface area contributed by atoms with E-state index in [0.29, 0.717) is 5.56 Å². The molecule has 0 radical (unpaired) electrons. The van der Waals surface area contributed by atoms with Crippen LogP contribution in [0.1, 0.15) is 15.9 Å². The van der Waals surface area contributed by atoms with Gasteiger partial charge in [-0.1, -0.05) is 0 Å². The largest absolute Gasteiger partial charge is 0.496 e. The van der Waals surface area contributed by atoms with E-state index in [2.05, 4.69) is 27.9 Å². The highest BCUT2D eigenvalue weighted by Crippen LogP contribution is 2.21. The van der Waals surface area contributed by atoms with Crippen molar-refractivity contribution >= 4 is 34.2 Å². The molecule has 0 bridgehead atoms. The van der Waals surface area contributed by atoms with Gasteiger partial charge < -0.3 is 10.1 Å². The molecule has 3 nitrogen and oxygen atoms in total. The van der Waals surface area contributed by atoms with E-state index in [0.717, 1.165) is 20.6 Å². The first kappa shape index (κ1) is 13.9. The Labute approximate surface area is 126 Å². The third-order valence-electron chi connectivity index (χ3n) is 2.76. The summed E-state index contributed by atoms with van der Waals surface area (Å²) in [5, 5.41) is 2.87. The first-order valence-electron chi connectivity index (χ1n) is 5.81. The van der Waals surface area contributed by atoms with Crippen LogP contribution in [0.5, 0.6) is 5.75 Å². The molecule has 1 amide bonds. The van der Waals surface area contributed by atoms with Crippen molar-refractivity contribution in [3.8, 4) is 5.75 Å². The van der Waals surface area contributed by atoms with Gasteiger partial charge in [0.15, 0.2) is 0 Å². The van der Waals surface area contributed by atoms with Crippen molar-refractivity contribution in [2.75, 3.05) is 12.4 Å². The number of amides is 1. The second kappa shape index (κ2) is 6.06. The van der Waals surface area contributed by atoms with Crippen molar-refractivity contribution in [2.45, 2.75) is 6.92 Å². The van der Waals surface area contributed by atoms with Crippen molar-refractivity contribution in [1.29, 1.82) is 0 Å². The number of benzene rings is 2. The highest BCUT2D eigenvalue weighted by molar-refractivity contribution is 14.1. The molecular weight excluding hydrogens is 353 g/mol. The van der Waals surface area contributed by atoms with E-state index in [-0.39, 0.29) is 5.91 Å². The van der Waals surface area contributed by atoms with Crippen LogP contribution in [-0.2, 0) is 0 Å². The molecule has 0 fully saturated rings. The number of carbonyl (C=O) groups is 1. The number of ether oxygens (including phenoxy) is 1. The maximum Gasteiger partial charge on any atom is 0.255 e. The minimum atomic E-state index is -0.110. The fourth-order valence-electron chi connectivity index (χ4n) is 1.76. The SMILES string of the molecule is COc1ccc(NC(=O)c2ccc(I)cc2)cc1C. The fraction of sp³-hybridized carbons (Fsp3) is 0.133. The van der Waals surface area contributed by atoms with Gasteiger partial charge in [-0.3, -0.25) is 4.79 Å². The summed E-state index contributed by atoms with van der Waals surface area (Å²) in [6, 6.07) is 13.0. The summed E-state index contributed by atoms with van der Waals surface area (Å²) in [4.78, 5) is 12.0. The summed E-state index contributed by atoms with van der Waals surface area (Å²) in [7, 11) is 1.63. The molecule has 1 N–H and O–H groups in total. The Morgan fingerprint density at radius 1 is 1.16 bits per heavy atom. The standard InChI is InChI=1S/C15H14INO2/c1-10-9-13(7-8-14(10)19-2)17-15(18)11-3-5-12(16)6-4-11/h3-9H,1-2H3,(H,17,18). The quantitative estimate of drug-likeness (QED) is 0.837. The number of rotatable bonds is 3. The molecular formula is C15H14INO2. The Balaban J connectivity index is 2.14. The lowest BCUT2D eigenvalue weighted by molar-refractivity contribution is 0.102. The summed E-state index contributed by atoms with van der Waals surface area (Å²) < 4.78 is 6.30. The number of hydrogen-bond donors (Lipinski definition) is 1. The van der Waals surface area contributed by atoms with Gasteiger partial charge in [0, 0.05) is 14.8 Å². The second-order valence-electron chi connectivity index (χ2n) is 4.15. The average Bonchev–Trinajstić information content (AvgIpc) is 2.39. The Kier molecular flexibility index (Phi) is 4.42. The zero-order chi connectivity index (χ0) is 13.8. The van der Waals surface area contributed by atoms with Crippen molar-refractivity contribution in [2.24, 2.45) is 0 Å². The van der Waals surface area contributed by atoms with Gasteiger partial charge in [0.05, 0.1) is 7.11 Å². The van der Waals surface area contributed by atoms with Gasteiger partial charge >= 0.3 is 0 Å². The third-order valence-corrected chi connectivity index (χ3v) is 3.48. The highest BCUT2D eigenvalue weighted by atomic mass is 127. The van der Waals surface area contributed by atoms with Crippen LogP contribution in [0.3, 0.4) is 0 Å². The van der Waals surface area contributed by atoms with Crippen molar-refractivity contribution in [1.82, 2.24) is 0 Å². The van der Waals surface area contributed by atoms with Crippen LogP contribution in [0.2, 0.25) is 0 Å². The van der Waals surface area contributed by atoms with E-state index in [4.69, 9.17) is 4.74 Å². The lowest BCUT2D eigenvalue weighted by atomic mass is 10.1. The number of halogens is 1. The zero-order valence-corrected chi connectivity index (χ0v) is 12.9. The highest BCUT2D eigenvalue weighted by Gasteiger charge is 2.07. The molecule has 0 saturated heterocycles. The molecule has 2 rings (SSSR count). The molecule has 0 spiro atoms. The molecule has 4 heteroatoms. The zero-order valence-electron chi connectivity index (χ0n) is 10.7. The predicted molar refractivity (Wildman–Crippen MR) is 84.8 cm³/mol. The van der Waals surface area contributed by atoms with Crippen molar-refractivity contribution in [3.05, 3.63) is 57.2 Å². The normalized spacial score (nSPS) is 10.1. The van der Waals surface area contributed by atoms with Gasteiger partial charge in [0.2, 0.25) is 0 Å². The van der Waals surface area contributed by atoms with Crippen LogP contribution < -0.4 is 10.1 Å². The maximum absolute atomic E-state index is 12.0. The van der Waals surface area contributed by atoms with Crippen LogP contribution >= 0.6 is 22.6 Å². The van der Waals surface area contributed by atoms with Crippen LogP contribution in [0, 0.1) is 10.5 Å². The van der Waals surface area contributed by atoms with E-state index < -0.39 is 0 Å². The maximum atomic E-state index is 12.0. The van der Waals surface area contributed by atoms with Crippen LogP contribution in [0.15, 0.2) is 42.5 Å². The van der Waals surface area contributed by atoms with Crippen LogP contribution in [-0.4, -0.2) is 13.0 Å². The minimum absolute atomic E-state index is 0.110. The number of anilines is 1. The summed E-state index contributed by atoms with van der Waals surface area (Å²) in [6.07, 6.45) is 0. The number of hydrogen-bond acceptors (Lipinski definition) is 2. The molecule has 19 heavy (non-hydrogen) atoms. The van der Waals surface area contributed by atoms with Crippen LogP contribution in [0.4, 0.5) is 5.69 Å². The first-order valence-corrected chi connectivity index (χ1v) is 6.89. The van der Waals surface area contributed by atoms with E-state index in [9.17, 15) is 4.79 Å². The summed E-state index contributed by atoms with van der Waals surface area (Å²) in [6.45, 7) is 1.94. The molecule has 2 aromatic carbocycles. The average molecular weight is 367 g/mol. The third kappa shape index (κ3) is 3.47. The summed E-state index contributed by atoms with van der Waals surface area (Å²) in [5.41, 5.74) is 2.40. The Hall–Kier alpha value is -1.56. The molecule has 0 unspecified atom stereocenters. The fourth-order valence-corrected chi connectivity index (χ4v) is 2.12. The van der Waals surface area contributed by atoms with E-state index in [1.807, 2.05) is 49.4 Å². The predicted octanol–water partition coefficient (Wildman–Crippen LogP) is 3.86. The van der Waals surface area contributed by atoms with E-state index >= 15 is 0 Å². The number of carbonyl (C=O) groups excluding carboxylic acids is 1. The van der Waals surface area contributed by atoms with E-state index in [1.54, 1.807) is 7.11 Å². The minimum Gasteiger partial charge on any atom is -0.496 e. The van der Waals surface area contributed by atoms with E-state index in [1.165, 1.54) is 0 Å². The molecule has 0 aliphatic heterocycles. The molecule has 0 atom stereocenters. The summed E-state index contributed by atoms with van der Waals surface area (Å²) >= 11 is 2.21. The molecule has 2 aromatic rings. The molecule has 0 aliphatic carbocycles.